The second kappa shape index (κ2) is 6.69. The number of hydrogen-bond acceptors (Lipinski definition) is 5. The normalized spacial score (nSPS) is 12.4. The van der Waals surface area contributed by atoms with Crippen molar-refractivity contribution in [2.45, 2.75) is 19.5 Å². The first-order valence-corrected chi connectivity index (χ1v) is 7.41. The van der Waals surface area contributed by atoms with Crippen LogP contribution in [0.5, 0.6) is 5.75 Å². The van der Waals surface area contributed by atoms with E-state index in [4.69, 9.17) is 9.84 Å². The number of hydrogen-bond donors (Lipinski definition) is 1. The monoisotopic (exact) mass is 306 g/mol. The summed E-state index contributed by atoms with van der Waals surface area (Å²) >= 11 is 1.54. The predicted molar refractivity (Wildman–Crippen MR) is 82.7 cm³/mol. The topological polar surface area (TPSA) is 62.7 Å². The van der Waals surface area contributed by atoms with Crippen LogP contribution in [0.1, 0.15) is 12.6 Å². The molecule has 0 saturated carbocycles. The highest BCUT2D eigenvalue weighted by atomic mass is 32.1. The van der Waals surface area contributed by atoms with Crippen molar-refractivity contribution in [2.75, 3.05) is 14.2 Å². The quantitative estimate of drug-likeness (QED) is 0.889. The van der Waals surface area contributed by atoms with Gasteiger partial charge in [0.15, 0.2) is 0 Å². The van der Waals surface area contributed by atoms with Gasteiger partial charge in [-0.05, 0) is 26.1 Å². The lowest BCUT2D eigenvalue weighted by molar-refractivity contribution is -0.142. The highest BCUT2D eigenvalue weighted by Crippen LogP contribution is 2.27. The van der Waals surface area contributed by atoms with Gasteiger partial charge in [0.2, 0.25) is 0 Å². The SMILES string of the molecule is COc1cccc(-c2nc(CN(C)C(C)C(=O)O)cs2)c1. The Morgan fingerprint density at radius 2 is 2.29 bits per heavy atom. The molecular weight excluding hydrogens is 288 g/mol. The molecule has 1 aromatic carbocycles. The zero-order valence-electron chi connectivity index (χ0n) is 12.2. The summed E-state index contributed by atoms with van der Waals surface area (Å²) in [6.07, 6.45) is 0. The second-order valence-corrected chi connectivity index (χ2v) is 5.66. The number of rotatable bonds is 6. The van der Waals surface area contributed by atoms with E-state index in [0.29, 0.717) is 6.54 Å². The number of methoxy groups -OCH3 is 1. The molecule has 2 aromatic rings. The number of thiazole rings is 1. The Balaban J connectivity index is 2.12. The lowest BCUT2D eigenvalue weighted by Crippen LogP contribution is -2.35. The van der Waals surface area contributed by atoms with Crippen LogP contribution in [0, 0.1) is 0 Å². The van der Waals surface area contributed by atoms with E-state index in [2.05, 4.69) is 4.98 Å². The zero-order valence-corrected chi connectivity index (χ0v) is 13.1. The van der Waals surface area contributed by atoms with Crippen LogP contribution < -0.4 is 4.74 Å². The Bertz CT molecular complexity index is 627. The molecule has 2 rings (SSSR count). The summed E-state index contributed by atoms with van der Waals surface area (Å²) in [4.78, 5) is 17.3. The van der Waals surface area contributed by atoms with Gasteiger partial charge in [-0.1, -0.05) is 12.1 Å². The molecule has 112 valence electrons. The van der Waals surface area contributed by atoms with Gasteiger partial charge >= 0.3 is 5.97 Å². The second-order valence-electron chi connectivity index (χ2n) is 4.81. The van der Waals surface area contributed by atoms with E-state index in [9.17, 15) is 4.79 Å². The van der Waals surface area contributed by atoms with Crippen LogP contribution in [0.4, 0.5) is 0 Å². The molecule has 5 nitrogen and oxygen atoms in total. The summed E-state index contributed by atoms with van der Waals surface area (Å²) in [5.41, 5.74) is 1.87. The van der Waals surface area contributed by atoms with E-state index >= 15 is 0 Å². The maximum atomic E-state index is 11.0. The predicted octanol–water partition coefficient (Wildman–Crippen LogP) is 2.72. The highest BCUT2D eigenvalue weighted by molar-refractivity contribution is 7.13. The molecule has 0 spiro atoms. The maximum Gasteiger partial charge on any atom is 0.320 e. The maximum absolute atomic E-state index is 11.0. The standard InChI is InChI=1S/C15H18N2O3S/c1-10(15(18)19)17(2)8-12-9-21-14(16-12)11-5-4-6-13(7-11)20-3/h4-7,9-10H,8H2,1-3H3,(H,18,19). The molecule has 0 fully saturated rings. The van der Waals surface area contributed by atoms with Crippen LogP contribution >= 0.6 is 11.3 Å². The molecule has 0 amide bonds. The molecule has 1 atom stereocenters. The van der Waals surface area contributed by atoms with Crippen LogP contribution in [0.25, 0.3) is 10.6 Å². The van der Waals surface area contributed by atoms with Crippen LogP contribution in [0.15, 0.2) is 29.6 Å². The third-order valence-corrected chi connectivity index (χ3v) is 4.24. The molecule has 0 aliphatic heterocycles. The fourth-order valence-electron chi connectivity index (χ4n) is 1.85. The fraction of sp³-hybridized carbons (Fsp3) is 0.333. The summed E-state index contributed by atoms with van der Waals surface area (Å²) in [6, 6.07) is 7.20. The largest absolute Gasteiger partial charge is 0.497 e. The van der Waals surface area contributed by atoms with Crippen molar-refractivity contribution in [3.8, 4) is 16.3 Å². The number of benzene rings is 1. The first-order valence-electron chi connectivity index (χ1n) is 6.53. The molecular formula is C15H18N2O3S. The first-order chi connectivity index (χ1) is 10.0. The van der Waals surface area contributed by atoms with E-state index in [1.54, 1.807) is 37.3 Å². The fourth-order valence-corrected chi connectivity index (χ4v) is 2.66. The van der Waals surface area contributed by atoms with Gasteiger partial charge in [0.25, 0.3) is 0 Å². The summed E-state index contributed by atoms with van der Waals surface area (Å²) < 4.78 is 5.21. The van der Waals surface area contributed by atoms with Gasteiger partial charge < -0.3 is 9.84 Å². The van der Waals surface area contributed by atoms with Crippen molar-refractivity contribution in [3.05, 3.63) is 35.3 Å². The number of nitrogens with zero attached hydrogens (tertiary/aromatic N) is 2. The van der Waals surface area contributed by atoms with Crippen LogP contribution in [-0.2, 0) is 11.3 Å². The molecule has 1 N–H and O–H groups in total. The Hall–Kier alpha value is -1.92. The molecule has 0 aliphatic rings. The highest BCUT2D eigenvalue weighted by Gasteiger charge is 2.18. The van der Waals surface area contributed by atoms with E-state index in [1.807, 2.05) is 29.6 Å². The minimum Gasteiger partial charge on any atom is -0.497 e. The summed E-state index contributed by atoms with van der Waals surface area (Å²) in [5.74, 6) is -0.0402. The van der Waals surface area contributed by atoms with Crippen LogP contribution in [-0.4, -0.2) is 41.2 Å². The van der Waals surface area contributed by atoms with Crippen molar-refractivity contribution in [2.24, 2.45) is 0 Å². The summed E-state index contributed by atoms with van der Waals surface area (Å²) in [6.45, 7) is 2.17. The number of aliphatic carboxylic acids is 1. The number of carboxylic acids is 1. The van der Waals surface area contributed by atoms with Crippen LogP contribution in [0.2, 0.25) is 0 Å². The van der Waals surface area contributed by atoms with Crippen molar-refractivity contribution in [1.29, 1.82) is 0 Å². The summed E-state index contributed by atoms with van der Waals surface area (Å²) in [5, 5.41) is 11.9. The van der Waals surface area contributed by atoms with Crippen molar-refractivity contribution in [3.63, 3.8) is 0 Å². The van der Waals surface area contributed by atoms with Gasteiger partial charge in [0.05, 0.1) is 12.8 Å². The van der Waals surface area contributed by atoms with Gasteiger partial charge in [0, 0.05) is 17.5 Å². The van der Waals surface area contributed by atoms with E-state index in [-0.39, 0.29) is 0 Å². The number of ether oxygens (including phenoxy) is 1. The van der Waals surface area contributed by atoms with E-state index < -0.39 is 12.0 Å². The molecule has 0 bridgehead atoms. The van der Waals surface area contributed by atoms with E-state index in [0.717, 1.165) is 22.0 Å². The number of carbonyl (C=O) groups is 1. The zero-order chi connectivity index (χ0) is 15.4. The van der Waals surface area contributed by atoms with Crippen molar-refractivity contribution < 1.29 is 14.6 Å². The molecule has 0 saturated heterocycles. The number of likely N-dealkylation sites (N-methyl/N-ethyl adjacent to an activating group) is 1. The molecule has 1 heterocycles. The Labute approximate surface area is 127 Å². The minimum absolute atomic E-state index is 0.508. The smallest absolute Gasteiger partial charge is 0.320 e. The third kappa shape index (κ3) is 3.80. The Morgan fingerprint density at radius 3 is 2.95 bits per heavy atom. The van der Waals surface area contributed by atoms with Gasteiger partial charge in [-0.15, -0.1) is 11.3 Å². The molecule has 1 unspecified atom stereocenters. The van der Waals surface area contributed by atoms with E-state index in [1.165, 1.54) is 0 Å². The average molecular weight is 306 g/mol. The van der Waals surface area contributed by atoms with Gasteiger partial charge in [0.1, 0.15) is 16.8 Å². The van der Waals surface area contributed by atoms with Crippen molar-refractivity contribution >= 4 is 17.3 Å². The lowest BCUT2D eigenvalue weighted by Gasteiger charge is -2.19. The number of carboxylic acid groups (broad SMARTS) is 1. The summed E-state index contributed by atoms with van der Waals surface area (Å²) in [7, 11) is 3.41. The lowest BCUT2D eigenvalue weighted by atomic mass is 10.2. The van der Waals surface area contributed by atoms with Gasteiger partial charge in [-0.3, -0.25) is 9.69 Å². The third-order valence-electron chi connectivity index (χ3n) is 3.30. The molecule has 0 aliphatic carbocycles. The van der Waals surface area contributed by atoms with Gasteiger partial charge in [-0.25, -0.2) is 4.98 Å². The average Bonchev–Trinajstić information content (AvgIpc) is 2.94. The van der Waals surface area contributed by atoms with Crippen LogP contribution in [0.3, 0.4) is 0 Å². The molecule has 0 radical (unpaired) electrons. The Morgan fingerprint density at radius 1 is 1.52 bits per heavy atom. The first kappa shape index (κ1) is 15.5. The van der Waals surface area contributed by atoms with Gasteiger partial charge in [-0.2, -0.15) is 0 Å². The molecule has 21 heavy (non-hydrogen) atoms. The van der Waals surface area contributed by atoms with Crippen molar-refractivity contribution in [1.82, 2.24) is 9.88 Å². The molecule has 1 aromatic heterocycles. The number of aromatic nitrogens is 1. The Kier molecular flexibility index (Phi) is 4.93. The minimum atomic E-state index is -0.833. The molecule has 6 heteroatoms.